The molecule has 0 radical (unpaired) electrons. The first-order chi connectivity index (χ1) is 17.5. The van der Waals surface area contributed by atoms with Crippen LogP contribution in [0.2, 0.25) is 10.0 Å². The van der Waals surface area contributed by atoms with E-state index in [-0.39, 0.29) is 5.91 Å². The van der Waals surface area contributed by atoms with Crippen LogP contribution in [-0.2, 0) is 0 Å². The van der Waals surface area contributed by atoms with E-state index < -0.39 is 0 Å². The van der Waals surface area contributed by atoms with E-state index in [0.29, 0.717) is 49.1 Å². The maximum absolute atomic E-state index is 13.4. The second-order valence-corrected chi connectivity index (χ2v) is 9.44. The van der Waals surface area contributed by atoms with Gasteiger partial charge in [0.2, 0.25) is 0 Å². The highest BCUT2D eigenvalue weighted by atomic mass is 35.5. The number of para-hydroxylation sites is 1. The highest BCUT2D eigenvalue weighted by molar-refractivity contribution is 7.14. The Hall–Kier alpha value is -3.65. The number of nitrogens with one attached hydrogen (secondary N) is 1. The van der Waals surface area contributed by atoms with Crippen molar-refractivity contribution in [1.82, 2.24) is 9.97 Å². The van der Waals surface area contributed by atoms with Crippen molar-refractivity contribution in [2.45, 2.75) is 0 Å². The monoisotopic (exact) mass is 535 g/mol. The standard InChI is InChI=1S/C27H19Cl2N3O3S/c1-34-24-10-8-16(12-25(24)35-2)22-13-18(17-5-3-4-6-21(17)30-22)26(33)32-27-31-23(14-36-27)15-7-9-19(28)20(29)11-15/h3-14H,1-2H3,(H,31,32,33). The van der Waals surface area contributed by atoms with Gasteiger partial charge >= 0.3 is 0 Å². The molecule has 0 bridgehead atoms. The lowest BCUT2D eigenvalue weighted by molar-refractivity contribution is 0.102. The van der Waals surface area contributed by atoms with Crippen LogP contribution in [0.4, 0.5) is 5.13 Å². The lowest BCUT2D eigenvalue weighted by atomic mass is 10.0. The number of fused-ring (bicyclic) bond motifs is 1. The van der Waals surface area contributed by atoms with Gasteiger partial charge in [-0.1, -0.05) is 47.5 Å². The Kier molecular flexibility index (Phi) is 6.78. The highest BCUT2D eigenvalue weighted by Crippen LogP contribution is 2.34. The van der Waals surface area contributed by atoms with Crippen LogP contribution in [-0.4, -0.2) is 30.1 Å². The van der Waals surface area contributed by atoms with Crippen molar-refractivity contribution in [3.8, 4) is 34.0 Å². The second kappa shape index (κ2) is 10.1. The Bertz CT molecular complexity index is 1600. The molecule has 0 saturated carbocycles. The number of aromatic nitrogens is 2. The number of hydrogen-bond acceptors (Lipinski definition) is 6. The first-order valence-electron chi connectivity index (χ1n) is 10.8. The number of anilines is 1. The van der Waals surface area contributed by atoms with Crippen LogP contribution in [0.3, 0.4) is 0 Å². The molecule has 0 saturated heterocycles. The molecular weight excluding hydrogens is 517 g/mol. The fourth-order valence-electron chi connectivity index (χ4n) is 3.79. The summed E-state index contributed by atoms with van der Waals surface area (Å²) in [4.78, 5) is 22.8. The maximum Gasteiger partial charge on any atom is 0.258 e. The summed E-state index contributed by atoms with van der Waals surface area (Å²) in [5.41, 5.74) is 4.12. The molecule has 0 fully saturated rings. The van der Waals surface area contributed by atoms with E-state index >= 15 is 0 Å². The molecule has 2 aromatic heterocycles. The van der Waals surface area contributed by atoms with Gasteiger partial charge in [-0.25, -0.2) is 9.97 Å². The maximum atomic E-state index is 13.4. The van der Waals surface area contributed by atoms with Gasteiger partial charge in [0.15, 0.2) is 16.6 Å². The number of rotatable bonds is 6. The normalized spacial score (nSPS) is 10.9. The molecule has 0 aliphatic rings. The lowest BCUT2D eigenvalue weighted by Gasteiger charge is -2.12. The molecule has 5 rings (SSSR count). The average molecular weight is 536 g/mol. The number of methoxy groups -OCH3 is 2. The van der Waals surface area contributed by atoms with Gasteiger partial charge in [0.1, 0.15) is 0 Å². The quantitative estimate of drug-likeness (QED) is 0.242. The second-order valence-electron chi connectivity index (χ2n) is 7.76. The largest absolute Gasteiger partial charge is 0.493 e. The number of carbonyl (C=O) groups excluding carboxylic acids is 1. The van der Waals surface area contributed by atoms with Crippen molar-refractivity contribution in [2.75, 3.05) is 19.5 Å². The summed E-state index contributed by atoms with van der Waals surface area (Å²) in [7, 11) is 3.16. The van der Waals surface area contributed by atoms with Crippen molar-refractivity contribution >= 4 is 56.5 Å². The fraction of sp³-hybridized carbons (Fsp3) is 0.0741. The van der Waals surface area contributed by atoms with Gasteiger partial charge in [-0.3, -0.25) is 10.1 Å². The van der Waals surface area contributed by atoms with Crippen molar-refractivity contribution in [1.29, 1.82) is 0 Å². The Morgan fingerprint density at radius 1 is 0.833 bits per heavy atom. The number of nitrogens with zero attached hydrogens (tertiary/aromatic N) is 2. The Morgan fingerprint density at radius 3 is 2.36 bits per heavy atom. The predicted molar refractivity (Wildman–Crippen MR) is 146 cm³/mol. The number of hydrogen-bond donors (Lipinski definition) is 1. The summed E-state index contributed by atoms with van der Waals surface area (Å²) in [5, 5.41) is 6.90. The zero-order valence-corrected chi connectivity index (χ0v) is 21.5. The zero-order valence-electron chi connectivity index (χ0n) is 19.2. The summed E-state index contributed by atoms with van der Waals surface area (Å²) in [5.74, 6) is 0.903. The minimum absolute atomic E-state index is 0.287. The molecule has 2 heterocycles. The predicted octanol–water partition coefficient (Wildman–Crippen LogP) is 7.60. The highest BCUT2D eigenvalue weighted by Gasteiger charge is 2.17. The van der Waals surface area contributed by atoms with E-state index in [1.54, 1.807) is 32.4 Å². The first kappa shape index (κ1) is 24.1. The van der Waals surface area contributed by atoms with Gasteiger partial charge < -0.3 is 9.47 Å². The van der Waals surface area contributed by atoms with E-state index in [2.05, 4.69) is 10.3 Å². The molecule has 180 valence electrons. The third kappa shape index (κ3) is 4.73. The fourth-order valence-corrected chi connectivity index (χ4v) is 4.80. The summed E-state index contributed by atoms with van der Waals surface area (Å²) in [6, 6.07) is 20.1. The molecule has 9 heteroatoms. The number of pyridine rings is 1. The molecule has 1 N–H and O–H groups in total. The molecule has 0 aliphatic heterocycles. The SMILES string of the molecule is COc1ccc(-c2cc(C(=O)Nc3nc(-c4ccc(Cl)c(Cl)c4)cs3)c3ccccc3n2)cc1OC. The zero-order chi connectivity index (χ0) is 25.2. The summed E-state index contributed by atoms with van der Waals surface area (Å²) in [6.07, 6.45) is 0. The molecule has 0 aliphatic carbocycles. The average Bonchev–Trinajstić information content (AvgIpc) is 3.37. The van der Waals surface area contributed by atoms with E-state index in [4.69, 9.17) is 37.7 Å². The molecule has 0 atom stereocenters. The number of carbonyl (C=O) groups is 1. The molecule has 0 unspecified atom stereocenters. The van der Waals surface area contributed by atoms with Gasteiger partial charge in [-0.15, -0.1) is 11.3 Å². The molecule has 6 nitrogen and oxygen atoms in total. The van der Waals surface area contributed by atoms with Crippen LogP contribution in [0.5, 0.6) is 11.5 Å². The Morgan fingerprint density at radius 2 is 1.58 bits per heavy atom. The van der Waals surface area contributed by atoms with Gasteiger partial charge in [0, 0.05) is 21.9 Å². The van der Waals surface area contributed by atoms with Gasteiger partial charge in [-0.2, -0.15) is 0 Å². The number of thiazole rings is 1. The van der Waals surface area contributed by atoms with Crippen molar-refractivity contribution in [2.24, 2.45) is 0 Å². The molecule has 1 amide bonds. The summed E-state index contributed by atoms with van der Waals surface area (Å²) < 4.78 is 10.8. The van der Waals surface area contributed by atoms with Gasteiger partial charge in [-0.05, 0) is 42.5 Å². The Labute approximate surface area is 221 Å². The van der Waals surface area contributed by atoms with Gasteiger partial charge in [0.25, 0.3) is 5.91 Å². The van der Waals surface area contributed by atoms with Gasteiger partial charge in [0.05, 0.1) is 46.7 Å². The number of ether oxygens (including phenoxy) is 2. The van der Waals surface area contributed by atoms with Crippen LogP contribution in [0.1, 0.15) is 10.4 Å². The van der Waals surface area contributed by atoms with Crippen LogP contribution >= 0.6 is 34.5 Å². The van der Waals surface area contributed by atoms with E-state index in [1.807, 2.05) is 53.9 Å². The summed E-state index contributed by atoms with van der Waals surface area (Å²) >= 11 is 13.5. The Balaban J connectivity index is 1.50. The minimum atomic E-state index is -0.287. The number of benzene rings is 3. The van der Waals surface area contributed by atoms with Crippen molar-refractivity contribution in [3.05, 3.63) is 87.7 Å². The lowest BCUT2D eigenvalue weighted by Crippen LogP contribution is -2.13. The molecule has 3 aromatic carbocycles. The van der Waals surface area contributed by atoms with E-state index in [0.717, 1.165) is 16.5 Å². The summed E-state index contributed by atoms with van der Waals surface area (Å²) in [6.45, 7) is 0. The molecule has 0 spiro atoms. The molecular formula is C27H19Cl2N3O3S. The third-order valence-electron chi connectivity index (χ3n) is 5.58. The minimum Gasteiger partial charge on any atom is -0.493 e. The topological polar surface area (TPSA) is 73.3 Å². The number of amides is 1. The number of halogens is 2. The van der Waals surface area contributed by atoms with Crippen LogP contribution < -0.4 is 14.8 Å². The van der Waals surface area contributed by atoms with Crippen molar-refractivity contribution < 1.29 is 14.3 Å². The van der Waals surface area contributed by atoms with E-state index in [1.165, 1.54) is 11.3 Å². The third-order valence-corrected chi connectivity index (χ3v) is 7.08. The molecule has 5 aromatic rings. The van der Waals surface area contributed by atoms with E-state index in [9.17, 15) is 4.79 Å². The van der Waals surface area contributed by atoms with Crippen LogP contribution in [0, 0.1) is 0 Å². The van der Waals surface area contributed by atoms with Crippen molar-refractivity contribution in [3.63, 3.8) is 0 Å². The smallest absolute Gasteiger partial charge is 0.258 e. The van der Waals surface area contributed by atoms with Crippen LogP contribution in [0.25, 0.3) is 33.4 Å². The van der Waals surface area contributed by atoms with Crippen LogP contribution in [0.15, 0.2) is 72.1 Å². The molecule has 36 heavy (non-hydrogen) atoms. The first-order valence-corrected chi connectivity index (χ1v) is 12.4.